The number of ether oxygens (including phenoxy) is 1. The fraction of sp³-hybridized carbons (Fsp3) is 0.118. The van der Waals surface area contributed by atoms with E-state index in [1.165, 1.54) is 24.4 Å². The Morgan fingerprint density at radius 3 is 2.52 bits per heavy atom. The average Bonchev–Trinajstić information content (AvgIpc) is 3.07. The van der Waals surface area contributed by atoms with Gasteiger partial charge in [-0.3, -0.25) is 14.9 Å². The third-order valence-electron chi connectivity index (χ3n) is 3.55. The van der Waals surface area contributed by atoms with E-state index in [0.717, 1.165) is 36.0 Å². The topological polar surface area (TPSA) is 106 Å². The summed E-state index contributed by atoms with van der Waals surface area (Å²) in [6, 6.07) is 7.67. The smallest absolute Gasteiger partial charge is 0.416 e. The van der Waals surface area contributed by atoms with Crippen LogP contribution in [0.15, 0.2) is 52.7 Å². The first-order valence-electron chi connectivity index (χ1n) is 7.89. The fourth-order valence-electron chi connectivity index (χ4n) is 2.20. The molecule has 1 aliphatic rings. The van der Waals surface area contributed by atoms with Gasteiger partial charge in [0.25, 0.3) is 5.69 Å². The van der Waals surface area contributed by atoms with E-state index < -0.39 is 16.7 Å². The lowest BCUT2D eigenvalue weighted by atomic mass is 10.2. The summed E-state index contributed by atoms with van der Waals surface area (Å²) < 4.78 is 43.5. The largest absolute Gasteiger partial charge is 0.457 e. The van der Waals surface area contributed by atoms with Gasteiger partial charge in [-0.05, 0) is 30.3 Å². The number of non-ortho nitro benzene ring substituents is 1. The van der Waals surface area contributed by atoms with Crippen LogP contribution in [0, 0.1) is 10.1 Å². The molecule has 2 aromatic rings. The van der Waals surface area contributed by atoms with Crippen LogP contribution in [-0.2, 0) is 11.0 Å². The summed E-state index contributed by atoms with van der Waals surface area (Å²) in [6.07, 6.45) is -3.29. The third kappa shape index (κ3) is 5.31. The number of benzene rings is 2. The Kier molecular flexibility index (Phi) is 5.82. The standard InChI is InChI=1S/C17H11F3N4O4S/c18-17(19,20)11-1-4-13(5-2-11)28-14-6-3-12(24(26)27)7-10(14)8-21-23-16-22-15(25)9-29-16/h1-8H,9H2,(H,22,23,25). The number of hydrogen-bond donors (Lipinski definition) is 1. The van der Waals surface area contributed by atoms with Crippen molar-refractivity contribution in [3.05, 3.63) is 63.7 Å². The number of alkyl halides is 3. The lowest BCUT2D eigenvalue weighted by molar-refractivity contribution is -0.384. The number of amidine groups is 1. The van der Waals surface area contributed by atoms with Gasteiger partial charge in [-0.1, -0.05) is 11.8 Å². The Morgan fingerprint density at radius 2 is 1.93 bits per heavy atom. The molecule has 1 aliphatic heterocycles. The number of nitrogens with one attached hydrogen (secondary N) is 1. The highest BCUT2D eigenvalue weighted by atomic mass is 32.2. The van der Waals surface area contributed by atoms with E-state index in [0.29, 0.717) is 0 Å². The monoisotopic (exact) mass is 424 g/mol. The number of nitrogens with zero attached hydrogens (tertiary/aromatic N) is 3. The van der Waals surface area contributed by atoms with Gasteiger partial charge in [0.1, 0.15) is 11.5 Å². The maximum absolute atomic E-state index is 12.7. The van der Waals surface area contributed by atoms with Crippen LogP contribution in [0.25, 0.3) is 0 Å². The Morgan fingerprint density at radius 1 is 1.21 bits per heavy atom. The van der Waals surface area contributed by atoms with E-state index in [1.807, 2.05) is 0 Å². The van der Waals surface area contributed by atoms with Crippen molar-refractivity contribution in [3.63, 3.8) is 0 Å². The minimum absolute atomic E-state index is 0.103. The zero-order chi connectivity index (χ0) is 21.0. The summed E-state index contributed by atoms with van der Waals surface area (Å²) in [4.78, 5) is 21.5. The van der Waals surface area contributed by atoms with Crippen molar-refractivity contribution in [2.45, 2.75) is 6.18 Å². The zero-order valence-corrected chi connectivity index (χ0v) is 15.2. The second-order valence-electron chi connectivity index (χ2n) is 5.59. The van der Waals surface area contributed by atoms with E-state index >= 15 is 0 Å². The molecule has 0 aromatic heterocycles. The van der Waals surface area contributed by atoms with Crippen LogP contribution >= 0.6 is 11.8 Å². The number of amides is 1. The van der Waals surface area contributed by atoms with Gasteiger partial charge >= 0.3 is 6.18 Å². The average molecular weight is 424 g/mol. The molecule has 1 heterocycles. The summed E-state index contributed by atoms with van der Waals surface area (Å²) in [6.45, 7) is 0. The van der Waals surface area contributed by atoms with Crippen LogP contribution < -0.4 is 10.1 Å². The lowest BCUT2D eigenvalue weighted by Gasteiger charge is -2.10. The molecule has 2 aromatic carbocycles. The summed E-state index contributed by atoms with van der Waals surface area (Å²) >= 11 is 1.15. The van der Waals surface area contributed by atoms with Gasteiger partial charge in [0.2, 0.25) is 5.91 Å². The third-order valence-corrected chi connectivity index (χ3v) is 4.41. The highest BCUT2D eigenvalue weighted by Gasteiger charge is 2.30. The molecule has 3 rings (SSSR count). The second kappa shape index (κ2) is 8.31. The van der Waals surface area contributed by atoms with Gasteiger partial charge in [-0.2, -0.15) is 18.3 Å². The molecule has 1 N–H and O–H groups in total. The Hall–Kier alpha value is -3.41. The predicted molar refractivity (Wildman–Crippen MR) is 100 cm³/mol. The highest BCUT2D eigenvalue weighted by Crippen LogP contribution is 2.32. The zero-order valence-electron chi connectivity index (χ0n) is 14.3. The van der Waals surface area contributed by atoms with Gasteiger partial charge in [0, 0.05) is 17.7 Å². The molecule has 1 fully saturated rings. The maximum atomic E-state index is 12.7. The SMILES string of the molecule is O=C1CSC(=NN=Cc2cc([N+](=O)[O-])ccc2Oc2ccc(C(F)(F)F)cc2)N1. The predicted octanol–water partition coefficient (Wildman–Crippen LogP) is 3.96. The number of nitro groups is 1. The van der Waals surface area contributed by atoms with E-state index in [2.05, 4.69) is 15.5 Å². The molecule has 12 heteroatoms. The van der Waals surface area contributed by atoms with Gasteiger partial charge < -0.3 is 10.1 Å². The number of rotatable bonds is 5. The number of thioether (sulfide) groups is 1. The van der Waals surface area contributed by atoms with Gasteiger partial charge in [-0.15, -0.1) is 5.10 Å². The molecule has 0 atom stereocenters. The van der Waals surface area contributed by atoms with Crippen molar-refractivity contribution >= 4 is 34.7 Å². The summed E-state index contributed by atoms with van der Waals surface area (Å²) in [5, 5.41) is 21.3. The van der Waals surface area contributed by atoms with Crippen LogP contribution in [0.5, 0.6) is 11.5 Å². The van der Waals surface area contributed by atoms with Crippen molar-refractivity contribution in [1.82, 2.24) is 5.32 Å². The molecule has 0 spiro atoms. The molecule has 8 nitrogen and oxygen atoms in total. The second-order valence-corrected chi connectivity index (χ2v) is 6.55. The van der Waals surface area contributed by atoms with Crippen LogP contribution in [0.1, 0.15) is 11.1 Å². The molecule has 1 amide bonds. The van der Waals surface area contributed by atoms with Crippen molar-refractivity contribution in [3.8, 4) is 11.5 Å². The van der Waals surface area contributed by atoms with E-state index in [9.17, 15) is 28.1 Å². The van der Waals surface area contributed by atoms with Gasteiger partial charge in [0.15, 0.2) is 5.17 Å². The summed E-state index contributed by atoms with van der Waals surface area (Å²) in [5.74, 6) is 0.229. The first-order valence-corrected chi connectivity index (χ1v) is 8.88. The van der Waals surface area contributed by atoms with Crippen LogP contribution in [0.3, 0.4) is 0 Å². The van der Waals surface area contributed by atoms with E-state index in [1.54, 1.807) is 0 Å². The minimum Gasteiger partial charge on any atom is -0.457 e. The number of nitro benzene ring substituents is 1. The number of halogens is 3. The quantitative estimate of drug-likeness (QED) is 0.444. The lowest BCUT2D eigenvalue weighted by Crippen LogP contribution is -2.19. The molecule has 0 bridgehead atoms. The Labute approximate surface area is 165 Å². The Balaban J connectivity index is 1.85. The van der Waals surface area contributed by atoms with Crippen molar-refractivity contribution in [2.24, 2.45) is 10.2 Å². The fourth-order valence-corrected chi connectivity index (χ4v) is 2.84. The molecular weight excluding hydrogens is 413 g/mol. The molecule has 0 radical (unpaired) electrons. The van der Waals surface area contributed by atoms with Gasteiger partial charge in [0.05, 0.1) is 22.5 Å². The van der Waals surface area contributed by atoms with Gasteiger partial charge in [-0.25, -0.2) is 0 Å². The van der Waals surface area contributed by atoms with Crippen molar-refractivity contribution < 1.29 is 27.6 Å². The molecule has 0 unspecified atom stereocenters. The van der Waals surface area contributed by atoms with Crippen molar-refractivity contribution in [2.75, 3.05) is 5.75 Å². The highest BCUT2D eigenvalue weighted by molar-refractivity contribution is 8.15. The minimum atomic E-state index is -4.48. The van der Waals surface area contributed by atoms with Crippen LogP contribution in [0.4, 0.5) is 18.9 Å². The first-order chi connectivity index (χ1) is 13.7. The maximum Gasteiger partial charge on any atom is 0.416 e. The van der Waals surface area contributed by atoms with Crippen molar-refractivity contribution in [1.29, 1.82) is 0 Å². The first kappa shape index (κ1) is 20.3. The van der Waals surface area contributed by atoms with Crippen LogP contribution in [-0.4, -0.2) is 28.0 Å². The molecule has 29 heavy (non-hydrogen) atoms. The van der Waals surface area contributed by atoms with E-state index in [-0.39, 0.29) is 39.6 Å². The normalized spacial score (nSPS) is 15.7. The molecule has 0 aliphatic carbocycles. The number of carbonyl (C=O) groups is 1. The molecule has 1 saturated heterocycles. The van der Waals surface area contributed by atoms with E-state index in [4.69, 9.17) is 4.74 Å². The molecule has 0 saturated carbocycles. The molecule has 150 valence electrons. The number of carbonyl (C=O) groups excluding carboxylic acids is 1. The Bertz CT molecular complexity index is 1010. The number of hydrogen-bond acceptors (Lipinski definition) is 7. The van der Waals surface area contributed by atoms with Crippen LogP contribution in [0.2, 0.25) is 0 Å². The molecular formula is C17H11F3N4O4S. The summed E-state index contributed by atoms with van der Waals surface area (Å²) in [7, 11) is 0. The summed E-state index contributed by atoms with van der Waals surface area (Å²) in [5.41, 5.74) is -0.887.